The van der Waals surface area contributed by atoms with E-state index in [1.54, 1.807) is 6.07 Å². The van der Waals surface area contributed by atoms with Crippen molar-refractivity contribution in [3.63, 3.8) is 0 Å². The van der Waals surface area contributed by atoms with Crippen LogP contribution in [0.3, 0.4) is 0 Å². The Labute approximate surface area is 222 Å². The molecule has 0 bridgehead atoms. The minimum absolute atomic E-state index is 0.0616. The van der Waals surface area contributed by atoms with Gasteiger partial charge in [0.05, 0.1) is 21.7 Å². The fourth-order valence-electron chi connectivity index (χ4n) is 5.17. The SMILES string of the molecule is Cn1c(Nc2cc(CNC(=O)C3CCCO3)ccc2Cl)nc2cc(C(=O)NCC3CCCCC3)ccc21. The van der Waals surface area contributed by atoms with Crippen LogP contribution in [0.4, 0.5) is 11.6 Å². The summed E-state index contributed by atoms with van der Waals surface area (Å²) in [5, 5.41) is 9.90. The lowest BCUT2D eigenvalue weighted by atomic mass is 9.89. The van der Waals surface area contributed by atoms with Crippen molar-refractivity contribution in [2.75, 3.05) is 18.5 Å². The third kappa shape index (κ3) is 6.08. The van der Waals surface area contributed by atoms with Gasteiger partial charge in [-0.2, -0.15) is 0 Å². The van der Waals surface area contributed by atoms with Crippen LogP contribution in [0.15, 0.2) is 36.4 Å². The molecule has 1 aromatic heterocycles. The van der Waals surface area contributed by atoms with E-state index in [2.05, 4.69) is 16.0 Å². The zero-order valence-electron chi connectivity index (χ0n) is 21.2. The Morgan fingerprint density at radius 2 is 1.89 bits per heavy atom. The summed E-state index contributed by atoms with van der Waals surface area (Å²) in [5.74, 6) is 1.04. The maximum atomic E-state index is 12.8. The van der Waals surface area contributed by atoms with Gasteiger partial charge >= 0.3 is 0 Å². The van der Waals surface area contributed by atoms with Crippen LogP contribution in [-0.2, 0) is 23.1 Å². The lowest BCUT2D eigenvalue weighted by Gasteiger charge is -2.21. The summed E-state index contributed by atoms with van der Waals surface area (Å²) in [6.45, 7) is 1.75. The van der Waals surface area contributed by atoms with Gasteiger partial charge < -0.3 is 25.3 Å². The molecule has 2 heterocycles. The van der Waals surface area contributed by atoms with Crippen molar-refractivity contribution in [3.8, 4) is 0 Å². The normalized spacial score (nSPS) is 18.2. The quantitative estimate of drug-likeness (QED) is 0.383. The third-order valence-electron chi connectivity index (χ3n) is 7.39. The van der Waals surface area contributed by atoms with Crippen molar-refractivity contribution in [2.24, 2.45) is 13.0 Å². The number of hydrogen-bond donors (Lipinski definition) is 3. The van der Waals surface area contributed by atoms with E-state index in [0.29, 0.717) is 41.3 Å². The van der Waals surface area contributed by atoms with Gasteiger partial charge in [0.25, 0.3) is 5.91 Å². The molecule has 1 aliphatic heterocycles. The van der Waals surface area contributed by atoms with E-state index in [9.17, 15) is 9.59 Å². The summed E-state index contributed by atoms with van der Waals surface area (Å²) in [6, 6.07) is 11.2. The Morgan fingerprint density at radius 1 is 1.05 bits per heavy atom. The molecule has 9 heteroatoms. The lowest BCUT2D eigenvalue weighted by molar-refractivity contribution is -0.130. The minimum Gasteiger partial charge on any atom is -0.368 e. The highest BCUT2D eigenvalue weighted by Crippen LogP contribution is 2.29. The molecule has 1 unspecified atom stereocenters. The van der Waals surface area contributed by atoms with Crippen molar-refractivity contribution >= 4 is 46.1 Å². The van der Waals surface area contributed by atoms with Gasteiger partial charge in [-0.05, 0) is 67.5 Å². The molecular formula is C28H34ClN5O3. The van der Waals surface area contributed by atoms with Crippen LogP contribution in [-0.4, -0.2) is 40.6 Å². The van der Waals surface area contributed by atoms with E-state index in [1.807, 2.05) is 41.9 Å². The average molecular weight is 524 g/mol. The van der Waals surface area contributed by atoms with Crippen molar-refractivity contribution in [1.82, 2.24) is 20.2 Å². The summed E-state index contributed by atoms with van der Waals surface area (Å²) in [4.78, 5) is 29.8. The van der Waals surface area contributed by atoms with Gasteiger partial charge in [0.2, 0.25) is 11.9 Å². The number of nitrogens with zero attached hydrogens (tertiary/aromatic N) is 2. The number of carbonyl (C=O) groups excluding carboxylic acids is 2. The van der Waals surface area contributed by atoms with Gasteiger partial charge in [-0.15, -0.1) is 0 Å². The number of halogens is 1. The fraction of sp³-hybridized carbons (Fsp3) is 0.464. The van der Waals surface area contributed by atoms with Gasteiger partial charge in [-0.25, -0.2) is 4.98 Å². The molecule has 2 aromatic carbocycles. The summed E-state index contributed by atoms with van der Waals surface area (Å²) in [5.41, 5.74) is 3.84. The van der Waals surface area contributed by atoms with Crippen molar-refractivity contribution < 1.29 is 14.3 Å². The van der Waals surface area contributed by atoms with Crippen molar-refractivity contribution in [1.29, 1.82) is 0 Å². The second kappa shape index (κ2) is 11.5. The summed E-state index contributed by atoms with van der Waals surface area (Å²) in [7, 11) is 1.92. The molecule has 2 amide bonds. The van der Waals surface area contributed by atoms with Gasteiger partial charge in [0.15, 0.2) is 0 Å². The largest absolute Gasteiger partial charge is 0.368 e. The Bertz CT molecular complexity index is 1280. The summed E-state index contributed by atoms with van der Waals surface area (Å²) in [6.07, 6.45) is 7.52. The lowest BCUT2D eigenvalue weighted by Crippen LogP contribution is -2.33. The molecule has 5 rings (SSSR count). The van der Waals surface area contributed by atoms with Crippen LogP contribution in [0.2, 0.25) is 5.02 Å². The standard InChI is InChI=1S/C28H34ClN5O3/c1-34-24-12-10-20(26(35)30-16-18-6-3-2-4-7-18)15-23(24)33-28(34)32-22-14-19(9-11-21(22)29)17-31-27(36)25-8-5-13-37-25/h9-12,14-15,18,25H,2-8,13,16-17H2,1H3,(H,30,35)(H,31,36)(H,32,33). The molecule has 8 nitrogen and oxygen atoms in total. The third-order valence-corrected chi connectivity index (χ3v) is 7.71. The van der Waals surface area contributed by atoms with Gasteiger partial charge in [0, 0.05) is 32.3 Å². The number of hydrogen-bond acceptors (Lipinski definition) is 5. The second-order valence-electron chi connectivity index (χ2n) is 10.1. The van der Waals surface area contributed by atoms with E-state index in [0.717, 1.165) is 36.0 Å². The number of ether oxygens (including phenoxy) is 1. The highest BCUT2D eigenvalue weighted by Gasteiger charge is 2.23. The smallest absolute Gasteiger partial charge is 0.251 e. The van der Waals surface area contributed by atoms with Crippen LogP contribution in [0, 0.1) is 5.92 Å². The Morgan fingerprint density at radius 3 is 2.68 bits per heavy atom. The van der Waals surface area contributed by atoms with Crippen LogP contribution < -0.4 is 16.0 Å². The number of nitrogens with one attached hydrogen (secondary N) is 3. The summed E-state index contributed by atoms with van der Waals surface area (Å²) < 4.78 is 7.38. The number of amides is 2. The first-order valence-electron chi connectivity index (χ1n) is 13.2. The first-order chi connectivity index (χ1) is 18.0. The topological polar surface area (TPSA) is 97.3 Å². The maximum absolute atomic E-state index is 12.8. The first kappa shape index (κ1) is 25.5. The molecule has 37 heavy (non-hydrogen) atoms. The molecule has 196 valence electrons. The molecule has 1 atom stereocenters. The second-order valence-corrected chi connectivity index (χ2v) is 10.5. The molecule has 0 spiro atoms. The highest BCUT2D eigenvalue weighted by atomic mass is 35.5. The number of aromatic nitrogens is 2. The first-order valence-corrected chi connectivity index (χ1v) is 13.5. The van der Waals surface area contributed by atoms with Crippen molar-refractivity contribution in [3.05, 3.63) is 52.5 Å². The zero-order chi connectivity index (χ0) is 25.8. The fourth-order valence-corrected chi connectivity index (χ4v) is 5.33. The number of anilines is 2. The molecule has 3 N–H and O–H groups in total. The molecule has 1 saturated carbocycles. The molecule has 2 aliphatic rings. The monoisotopic (exact) mass is 523 g/mol. The summed E-state index contributed by atoms with van der Waals surface area (Å²) >= 11 is 6.47. The maximum Gasteiger partial charge on any atom is 0.251 e. The average Bonchev–Trinajstić information content (AvgIpc) is 3.56. The predicted molar refractivity (Wildman–Crippen MR) is 145 cm³/mol. The van der Waals surface area contributed by atoms with Crippen LogP contribution in [0.25, 0.3) is 11.0 Å². The molecule has 0 radical (unpaired) electrons. The van der Waals surface area contributed by atoms with E-state index in [-0.39, 0.29) is 17.9 Å². The van der Waals surface area contributed by atoms with E-state index >= 15 is 0 Å². The van der Waals surface area contributed by atoms with Gasteiger partial charge in [-0.1, -0.05) is 36.9 Å². The number of carbonyl (C=O) groups is 2. The number of benzene rings is 2. The number of aryl methyl sites for hydroxylation is 1. The number of imidazole rings is 1. The van der Waals surface area contributed by atoms with E-state index < -0.39 is 0 Å². The van der Waals surface area contributed by atoms with E-state index in [1.165, 1.54) is 32.1 Å². The van der Waals surface area contributed by atoms with Gasteiger partial charge in [-0.3, -0.25) is 9.59 Å². The number of fused-ring (bicyclic) bond motifs is 1. The van der Waals surface area contributed by atoms with Crippen LogP contribution in [0.1, 0.15) is 60.9 Å². The molecule has 3 aromatic rings. The molecular weight excluding hydrogens is 490 g/mol. The number of rotatable bonds is 8. The Hall–Kier alpha value is -3.10. The van der Waals surface area contributed by atoms with Gasteiger partial charge in [0.1, 0.15) is 6.10 Å². The van der Waals surface area contributed by atoms with E-state index in [4.69, 9.17) is 21.3 Å². The van der Waals surface area contributed by atoms with Crippen LogP contribution >= 0.6 is 11.6 Å². The minimum atomic E-state index is -0.357. The predicted octanol–water partition coefficient (Wildman–Crippen LogP) is 5.08. The highest BCUT2D eigenvalue weighted by molar-refractivity contribution is 6.33. The van der Waals surface area contributed by atoms with Crippen LogP contribution in [0.5, 0.6) is 0 Å². The van der Waals surface area contributed by atoms with Crippen molar-refractivity contribution in [2.45, 2.75) is 57.6 Å². The molecule has 1 saturated heterocycles. The zero-order valence-corrected chi connectivity index (χ0v) is 21.9. The molecule has 1 aliphatic carbocycles. The Kier molecular flexibility index (Phi) is 7.96. The Balaban J connectivity index is 1.26. The molecule has 2 fully saturated rings.